The van der Waals surface area contributed by atoms with E-state index in [2.05, 4.69) is 20.9 Å². The molecule has 0 atom stereocenters. The third-order valence-corrected chi connectivity index (χ3v) is 2.83. The van der Waals surface area contributed by atoms with E-state index in [0.29, 0.717) is 12.4 Å². The summed E-state index contributed by atoms with van der Waals surface area (Å²) in [4.78, 5) is 4.15. The lowest BCUT2D eigenvalue weighted by Gasteiger charge is -2.06. The van der Waals surface area contributed by atoms with Crippen LogP contribution in [0.2, 0.25) is 5.02 Å². The van der Waals surface area contributed by atoms with Crippen molar-refractivity contribution in [2.45, 2.75) is 6.61 Å². The Morgan fingerprint density at radius 1 is 1.29 bits per heavy atom. The number of ether oxygens (including phenoxy) is 1. The molecule has 0 unspecified atom stereocenters. The normalized spacial score (nSPS) is 10.3. The highest BCUT2D eigenvalue weighted by atomic mass is 79.9. The van der Waals surface area contributed by atoms with Crippen LogP contribution in [0.4, 0.5) is 4.39 Å². The number of halogens is 3. The third-order valence-electron chi connectivity index (χ3n) is 2.07. The van der Waals surface area contributed by atoms with Crippen molar-refractivity contribution in [2.24, 2.45) is 0 Å². The third kappa shape index (κ3) is 3.41. The highest BCUT2D eigenvalue weighted by Gasteiger charge is 2.02. The maximum absolute atomic E-state index is 12.9. The van der Waals surface area contributed by atoms with Gasteiger partial charge in [0.15, 0.2) is 0 Å². The molecule has 0 bridgehead atoms. The number of hydrogen-bond donors (Lipinski definition) is 0. The summed E-state index contributed by atoms with van der Waals surface area (Å²) >= 11 is 8.94. The molecule has 0 saturated heterocycles. The van der Waals surface area contributed by atoms with Crippen LogP contribution in [-0.2, 0) is 6.61 Å². The molecule has 17 heavy (non-hydrogen) atoms. The van der Waals surface area contributed by atoms with E-state index in [1.807, 2.05) is 12.1 Å². The standard InChI is InChI=1S/C12H8BrClFNO/c13-8-1-2-9(16-6-8)7-17-10-3-4-12(15)11(14)5-10/h1-6H,7H2. The van der Waals surface area contributed by atoms with Gasteiger partial charge in [0.1, 0.15) is 18.2 Å². The summed E-state index contributed by atoms with van der Waals surface area (Å²) in [6.45, 7) is 0.315. The summed E-state index contributed by atoms with van der Waals surface area (Å²) in [5.41, 5.74) is 0.786. The van der Waals surface area contributed by atoms with E-state index in [0.717, 1.165) is 10.2 Å². The molecule has 1 aromatic heterocycles. The van der Waals surface area contributed by atoms with Gasteiger partial charge in [-0.25, -0.2) is 4.39 Å². The lowest BCUT2D eigenvalue weighted by Crippen LogP contribution is -1.97. The van der Waals surface area contributed by atoms with Crippen molar-refractivity contribution in [3.8, 4) is 5.75 Å². The molecule has 0 amide bonds. The summed E-state index contributed by atoms with van der Waals surface area (Å²) in [7, 11) is 0. The van der Waals surface area contributed by atoms with Gasteiger partial charge in [-0.1, -0.05) is 11.6 Å². The first kappa shape index (κ1) is 12.3. The molecule has 0 spiro atoms. The molecule has 1 heterocycles. The first-order chi connectivity index (χ1) is 8.15. The van der Waals surface area contributed by atoms with Gasteiger partial charge in [-0.3, -0.25) is 4.98 Å². The molecule has 2 rings (SSSR count). The van der Waals surface area contributed by atoms with Crippen LogP contribution < -0.4 is 4.74 Å². The maximum atomic E-state index is 12.9. The van der Waals surface area contributed by atoms with Crippen molar-refractivity contribution in [2.75, 3.05) is 0 Å². The average Bonchev–Trinajstić information content (AvgIpc) is 2.33. The van der Waals surface area contributed by atoms with E-state index in [-0.39, 0.29) is 5.02 Å². The van der Waals surface area contributed by atoms with Crippen molar-refractivity contribution in [1.82, 2.24) is 4.98 Å². The van der Waals surface area contributed by atoms with Gasteiger partial charge in [-0.2, -0.15) is 0 Å². The maximum Gasteiger partial charge on any atom is 0.142 e. The minimum Gasteiger partial charge on any atom is -0.487 e. The van der Waals surface area contributed by atoms with Gasteiger partial charge in [-0.05, 0) is 40.2 Å². The number of benzene rings is 1. The van der Waals surface area contributed by atoms with Crippen LogP contribution in [0.1, 0.15) is 5.69 Å². The molecule has 0 aliphatic rings. The van der Waals surface area contributed by atoms with E-state index in [4.69, 9.17) is 16.3 Å². The fourth-order valence-corrected chi connectivity index (χ4v) is 1.62. The lowest BCUT2D eigenvalue weighted by molar-refractivity contribution is 0.301. The minimum atomic E-state index is -0.458. The van der Waals surface area contributed by atoms with E-state index in [1.165, 1.54) is 18.2 Å². The van der Waals surface area contributed by atoms with Gasteiger partial charge in [0.25, 0.3) is 0 Å². The quantitative estimate of drug-likeness (QED) is 0.846. The Morgan fingerprint density at radius 2 is 2.12 bits per heavy atom. The number of aromatic nitrogens is 1. The largest absolute Gasteiger partial charge is 0.487 e. The molecule has 0 radical (unpaired) electrons. The zero-order valence-electron chi connectivity index (χ0n) is 8.66. The van der Waals surface area contributed by atoms with Crippen molar-refractivity contribution in [1.29, 1.82) is 0 Å². The van der Waals surface area contributed by atoms with Crippen LogP contribution in [0.3, 0.4) is 0 Å². The Morgan fingerprint density at radius 3 is 2.76 bits per heavy atom. The lowest BCUT2D eigenvalue weighted by atomic mass is 10.3. The summed E-state index contributed by atoms with van der Waals surface area (Å²) in [5, 5.41) is 0.0475. The fraction of sp³-hybridized carbons (Fsp3) is 0.0833. The molecule has 5 heteroatoms. The number of rotatable bonds is 3. The second-order valence-corrected chi connectivity index (χ2v) is 4.66. The summed E-state index contributed by atoms with van der Waals surface area (Å²) in [6.07, 6.45) is 1.69. The zero-order valence-corrected chi connectivity index (χ0v) is 11.0. The van der Waals surface area contributed by atoms with Crippen molar-refractivity contribution in [3.05, 3.63) is 57.5 Å². The molecule has 0 aliphatic carbocycles. The molecular weight excluding hydrogens is 308 g/mol. The van der Waals surface area contributed by atoms with Gasteiger partial charge in [0.2, 0.25) is 0 Å². The van der Waals surface area contributed by atoms with Gasteiger partial charge in [-0.15, -0.1) is 0 Å². The summed E-state index contributed by atoms with van der Waals surface area (Å²) in [6, 6.07) is 7.96. The van der Waals surface area contributed by atoms with Crippen molar-refractivity contribution in [3.63, 3.8) is 0 Å². The predicted molar refractivity (Wildman–Crippen MR) is 67.7 cm³/mol. The van der Waals surface area contributed by atoms with Crippen LogP contribution in [0.25, 0.3) is 0 Å². The summed E-state index contributed by atoms with van der Waals surface area (Å²) in [5.74, 6) is 0.0573. The average molecular weight is 317 g/mol. The molecule has 1 aromatic carbocycles. The number of pyridine rings is 1. The van der Waals surface area contributed by atoms with Gasteiger partial charge in [0.05, 0.1) is 10.7 Å². The Hall–Kier alpha value is -1.13. The molecule has 0 fully saturated rings. The Balaban J connectivity index is 2.02. The molecular formula is C12H8BrClFNO. The molecule has 0 N–H and O–H groups in total. The predicted octanol–water partition coefficient (Wildman–Crippen LogP) is 4.22. The second kappa shape index (κ2) is 5.47. The Bertz CT molecular complexity index is 518. The Kier molecular flexibility index (Phi) is 3.97. The van der Waals surface area contributed by atoms with E-state index in [1.54, 1.807) is 6.20 Å². The van der Waals surface area contributed by atoms with Crippen LogP contribution in [0, 0.1) is 5.82 Å². The topological polar surface area (TPSA) is 22.1 Å². The highest BCUT2D eigenvalue weighted by molar-refractivity contribution is 9.10. The number of nitrogens with zero attached hydrogens (tertiary/aromatic N) is 1. The van der Waals surface area contributed by atoms with Gasteiger partial charge >= 0.3 is 0 Å². The van der Waals surface area contributed by atoms with E-state index >= 15 is 0 Å². The Labute approximate surface area is 112 Å². The molecule has 2 aromatic rings. The van der Waals surface area contributed by atoms with E-state index in [9.17, 15) is 4.39 Å². The smallest absolute Gasteiger partial charge is 0.142 e. The SMILES string of the molecule is Fc1ccc(OCc2ccc(Br)cn2)cc1Cl. The second-order valence-electron chi connectivity index (χ2n) is 3.33. The molecule has 88 valence electrons. The monoisotopic (exact) mass is 315 g/mol. The first-order valence-electron chi connectivity index (χ1n) is 4.83. The van der Waals surface area contributed by atoms with Gasteiger partial charge < -0.3 is 4.74 Å². The summed E-state index contributed by atoms with van der Waals surface area (Å²) < 4.78 is 19.2. The van der Waals surface area contributed by atoms with Crippen molar-refractivity contribution >= 4 is 27.5 Å². The van der Waals surface area contributed by atoms with Crippen molar-refractivity contribution < 1.29 is 9.13 Å². The minimum absolute atomic E-state index is 0.0475. The first-order valence-corrected chi connectivity index (χ1v) is 6.00. The molecule has 0 aliphatic heterocycles. The highest BCUT2D eigenvalue weighted by Crippen LogP contribution is 2.21. The van der Waals surface area contributed by atoms with Crippen LogP contribution in [0.15, 0.2) is 41.0 Å². The molecule has 2 nitrogen and oxygen atoms in total. The van der Waals surface area contributed by atoms with Crippen LogP contribution in [-0.4, -0.2) is 4.98 Å². The fourth-order valence-electron chi connectivity index (χ4n) is 1.22. The van der Waals surface area contributed by atoms with E-state index < -0.39 is 5.82 Å². The molecule has 0 saturated carbocycles. The van der Waals surface area contributed by atoms with Crippen LogP contribution in [0.5, 0.6) is 5.75 Å². The number of hydrogen-bond acceptors (Lipinski definition) is 2. The zero-order chi connectivity index (χ0) is 12.3. The van der Waals surface area contributed by atoms with Gasteiger partial charge in [0, 0.05) is 16.7 Å². The van der Waals surface area contributed by atoms with Crippen LogP contribution >= 0.6 is 27.5 Å².